The molecule has 1 fully saturated rings. The van der Waals surface area contributed by atoms with E-state index in [9.17, 15) is 4.79 Å². The lowest BCUT2D eigenvalue weighted by Gasteiger charge is -2.29. The molecular formula is C14H19BrN2O2. The van der Waals surface area contributed by atoms with Crippen LogP contribution in [0.25, 0.3) is 0 Å². The van der Waals surface area contributed by atoms with Crippen molar-refractivity contribution in [3.05, 3.63) is 28.2 Å². The molecular weight excluding hydrogens is 308 g/mol. The summed E-state index contributed by atoms with van der Waals surface area (Å²) >= 11 is 3.37. The highest BCUT2D eigenvalue weighted by Gasteiger charge is 2.34. The molecule has 19 heavy (non-hydrogen) atoms. The minimum absolute atomic E-state index is 0.114. The van der Waals surface area contributed by atoms with Gasteiger partial charge in [-0.15, -0.1) is 0 Å². The van der Waals surface area contributed by atoms with E-state index in [4.69, 9.17) is 10.5 Å². The van der Waals surface area contributed by atoms with Crippen LogP contribution in [0.1, 0.15) is 36.0 Å². The first-order valence-corrected chi connectivity index (χ1v) is 7.26. The van der Waals surface area contributed by atoms with Crippen molar-refractivity contribution in [2.24, 2.45) is 5.73 Å². The van der Waals surface area contributed by atoms with Crippen LogP contribution in [0, 0.1) is 0 Å². The molecule has 104 valence electrons. The molecule has 0 unspecified atom stereocenters. The van der Waals surface area contributed by atoms with Crippen molar-refractivity contribution >= 4 is 21.8 Å². The number of benzene rings is 1. The first kappa shape index (κ1) is 14.3. The highest BCUT2D eigenvalue weighted by atomic mass is 79.9. The minimum atomic E-state index is -0.241. The second kappa shape index (κ2) is 5.92. The van der Waals surface area contributed by atoms with Crippen molar-refractivity contribution in [2.75, 3.05) is 13.7 Å². The number of nitrogens with one attached hydrogen (secondary N) is 1. The molecule has 1 aliphatic rings. The molecule has 0 radical (unpaired) electrons. The Kier molecular flexibility index (Phi) is 4.47. The molecule has 0 aromatic heterocycles. The molecule has 1 saturated carbocycles. The van der Waals surface area contributed by atoms with Crippen LogP contribution >= 0.6 is 15.9 Å². The largest absolute Gasteiger partial charge is 0.496 e. The summed E-state index contributed by atoms with van der Waals surface area (Å²) < 4.78 is 6.14. The lowest BCUT2D eigenvalue weighted by atomic mass is 9.97. The van der Waals surface area contributed by atoms with Gasteiger partial charge >= 0.3 is 0 Å². The second-order valence-electron chi connectivity index (χ2n) is 4.99. The van der Waals surface area contributed by atoms with Gasteiger partial charge < -0.3 is 15.8 Å². The molecule has 0 spiro atoms. The van der Waals surface area contributed by atoms with Gasteiger partial charge in [-0.25, -0.2) is 0 Å². The zero-order chi connectivity index (χ0) is 13.9. The highest BCUT2D eigenvalue weighted by Crippen LogP contribution is 2.30. The number of amides is 1. The maximum atomic E-state index is 12.4. The van der Waals surface area contributed by atoms with E-state index < -0.39 is 0 Å². The third kappa shape index (κ3) is 3.09. The number of hydrogen-bond acceptors (Lipinski definition) is 3. The van der Waals surface area contributed by atoms with Gasteiger partial charge in [-0.05, 0) is 31.0 Å². The first-order chi connectivity index (χ1) is 9.10. The minimum Gasteiger partial charge on any atom is -0.496 e. The normalized spacial score (nSPS) is 17.2. The Morgan fingerprint density at radius 3 is 2.74 bits per heavy atom. The summed E-state index contributed by atoms with van der Waals surface area (Å²) in [6.45, 7) is 0.484. The van der Waals surface area contributed by atoms with Crippen molar-refractivity contribution in [3.63, 3.8) is 0 Å². The zero-order valence-electron chi connectivity index (χ0n) is 11.0. The predicted molar refractivity (Wildman–Crippen MR) is 78.4 cm³/mol. The van der Waals surface area contributed by atoms with Gasteiger partial charge in [0.2, 0.25) is 0 Å². The summed E-state index contributed by atoms with van der Waals surface area (Å²) in [6.07, 6.45) is 4.14. The number of carbonyl (C=O) groups excluding carboxylic acids is 1. The predicted octanol–water partition coefficient (Wildman–Crippen LogP) is 2.46. The standard InChI is InChI=1S/C14H19BrN2O2/c1-19-12-8-10(15)4-5-11(12)13(18)17-14(9-16)6-2-3-7-14/h4-5,8H,2-3,6-7,9,16H2,1H3,(H,17,18). The number of nitrogens with two attached hydrogens (primary N) is 1. The van der Waals surface area contributed by atoms with Crippen molar-refractivity contribution in [1.82, 2.24) is 5.32 Å². The molecule has 2 rings (SSSR count). The lowest BCUT2D eigenvalue weighted by Crippen LogP contribution is -2.51. The van der Waals surface area contributed by atoms with Gasteiger partial charge in [0.05, 0.1) is 18.2 Å². The fraction of sp³-hybridized carbons (Fsp3) is 0.500. The number of carbonyl (C=O) groups is 1. The summed E-state index contributed by atoms with van der Waals surface area (Å²) in [5.41, 5.74) is 6.14. The molecule has 5 heteroatoms. The second-order valence-corrected chi connectivity index (χ2v) is 5.91. The number of ether oxygens (including phenoxy) is 1. The zero-order valence-corrected chi connectivity index (χ0v) is 12.6. The average molecular weight is 327 g/mol. The smallest absolute Gasteiger partial charge is 0.255 e. The molecule has 3 N–H and O–H groups in total. The number of rotatable bonds is 4. The number of methoxy groups -OCH3 is 1. The molecule has 1 aliphatic carbocycles. The van der Waals surface area contributed by atoms with Crippen LogP contribution in [-0.2, 0) is 0 Å². The summed E-state index contributed by atoms with van der Waals surface area (Å²) in [5.74, 6) is 0.453. The van der Waals surface area contributed by atoms with Gasteiger partial charge in [0.25, 0.3) is 5.91 Å². The monoisotopic (exact) mass is 326 g/mol. The van der Waals surface area contributed by atoms with E-state index in [0.29, 0.717) is 17.9 Å². The Labute approximate surface area is 121 Å². The molecule has 1 amide bonds. The van der Waals surface area contributed by atoms with Gasteiger partial charge in [-0.1, -0.05) is 28.8 Å². The first-order valence-electron chi connectivity index (χ1n) is 6.46. The molecule has 0 heterocycles. The van der Waals surface area contributed by atoms with Crippen LogP contribution < -0.4 is 15.8 Å². The molecule has 4 nitrogen and oxygen atoms in total. The van der Waals surface area contributed by atoms with E-state index in [1.54, 1.807) is 19.2 Å². The van der Waals surface area contributed by atoms with Crippen molar-refractivity contribution < 1.29 is 9.53 Å². The fourth-order valence-electron chi connectivity index (χ4n) is 2.59. The van der Waals surface area contributed by atoms with Crippen LogP contribution in [0.5, 0.6) is 5.75 Å². The van der Waals surface area contributed by atoms with Crippen molar-refractivity contribution in [2.45, 2.75) is 31.2 Å². The topological polar surface area (TPSA) is 64.3 Å². The summed E-state index contributed by atoms with van der Waals surface area (Å²) in [7, 11) is 1.56. The Balaban J connectivity index is 2.20. The third-order valence-electron chi connectivity index (χ3n) is 3.74. The molecule has 1 aromatic rings. The van der Waals surface area contributed by atoms with Crippen LogP contribution in [0.15, 0.2) is 22.7 Å². The van der Waals surface area contributed by atoms with Crippen LogP contribution in [0.4, 0.5) is 0 Å². The van der Waals surface area contributed by atoms with Crippen molar-refractivity contribution in [3.8, 4) is 5.75 Å². The summed E-state index contributed by atoms with van der Waals surface area (Å²) in [4.78, 5) is 12.4. The van der Waals surface area contributed by atoms with E-state index in [0.717, 1.165) is 30.2 Å². The maximum absolute atomic E-state index is 12.4. The molecule has 0 aliphatic heterocycles. The Hall–Kier alpha value is -1.07. The highest BCUT2D eigenvalue weighted by molar-refractivity contribution is 9.10. The fourth-order valence-corrected chi connectivity index (χ4v) is 2.93. The van der Waals surface area contributed by atoms with Gasteiger partial charge in [0, 0.05) is 11.0 Å². The molecule has 0 atom stereocenters. The van der Waals surface area contributed by atoms with E-state index in [2.05, 4.69) is 21.2 Å². The van der Waals surface area contributed by atoms with E-state index in [1.807, 2.05) is 6.07 Å². The van der Waals surface area contributed by atoms with Gasteiger partial charge in [-0.3, -0.25) is 4.79 Å². The van der Waals surface area contributed by atoms with E-state index in [1.165, 1.54) is 0 Å². The maximum Gasteiger partial charge on any atom is 0.255 e. The Morgan fingerprint density at radius 1 is 1.47 bits per heavy atom. The Morgan fingerprint density at radius 2 is 2.16 bits per heavy atom. The quantitative estimate of drug-likeness (QED) is 0.893. The van der Waals surface area contributed by atoms with Gasteiger partial charge in [-0.2, -0.15) is 0 Å². The third-order valence-corrected chi connectivity index (χ3v) is 4.23. The Bertz CT molecular complexity index is 471. The van der Waals surface area contributed by atoms with E-state index >= 15 is 0 Å². The van der Waals surface area contributed by atoms with Crippen molar-refractivity contribution in [1.29, 1.82) is 0 Å². The summed E-state index contributed by atoms with van der Waals surface area (Å²) in [6, 6.07) is 5.39. The van der Waals surface area contributed by atoms with Crippen LogP contribution in [-0.4, -0.2) is 25.1 Å². The van der Waals surface area contributed by atoms with Gasteiger partial charge in [0.15, 0.2) is 0 Å². The SMILES string of the molecule is COc1cc(Br)ccc1C(=O)NC1(CN)CCCC1. The molecule has 0 bridgehead atoms. The van der Waals surface area contributed by atoms with Gasteiger partial charge in [0.1, 0.15) is 5.75 Å². The number of halogens is 1. The van der Waals surface area contributed by atoms with E-state index in [-0.39, 0.29) is 11.4 Å². The summed E-state index contributed by atoms with van der Waals surface area (Å²) in [5, 5.41) is 3.09. The molecule has 1 aromatic carbocycles. The lowest BCUT2D eigenvalue weighted by molar-refractivity contribution is 0.0900. The molecule has 0 saturated heterocycles. The average Bonchev–Trinajstić information content (AvgIpc) is 2.87. The van der Waals surface area contributed by atoms with Crippen LogP contribution in [0.2, 0.25) is 0 Å². The number of hydrogen-bond donors (Lipinski definition) is 2. The van der Waals surface area contributed by atoms with Crippen LogP contribution in [0.3, 0.4) is 0 Å².